The van der Waals surface area contributed by atoms with Crippen molar-refractivity contribution in [3.63, 3.8) is 0 Å². The van der Waals surface area contributed by atoms with E-state index in [1.165, 1.54) is 18.6 Å². The van der Waals surface area contributed by atoms with E-state index >= 15 is 0 Å². The average Bonchev–Trinajstić information content (AvgIpc) is 3.07. The maximum absolute atomic E-state index is 13.8. The van der Waals surface area contributed by atoms with Crippen molar-refractivity contribution in [1.82, 2.24) is 14.3 Å². The van der Waals surface area contributed by atoms with Gasteiger partial charge in [-0.2, -0.15) is 0 Å². The van der Waals surface area contributed by atoms with Gasteiger partial charge in [0.1, 0.15) is 5.82 Å². The van der Waals surface area contributed by atoms with E-state index in [0.717, 1.165) is 17.5 Å². The molecule has 0 atom stereocenters. The molecule has 1 aromatic heterocycles. The van der Waals surface area contributed by atoms with Gasteiger partial charge in [-0.05, 0) is 30.0 Å². The molecular formula is C19H20FN3O2S. The number of benzene rings is 2. The zero-order valence-corrected chi connectivity index (χ0v) is 15.2. The average molecular weight is 373 g/mol. The van der Waals surface area contributed by atoms with E-state index in [1.54, 1.807) is 29.8 Å². The molecule has 0 aliphatic heterocycles. The van der Waals surface area contributed by atoms with Gasteiger partial charge in [0, 0.05) is 25.4 Å². The SMILES string of the molecule is Cn1cnc(S(=O)(=O)NCCCc2ccc(-c3ccccc3F)cc2)c1. The van der Waals surface area contributed by atoms with E-state index in [9.17, 15) is 12.8 Å². The molecule has 1 N–H and O–H groups in total. The lowest BCUT2D eigenvalue weighted by atomic mass is 10.0. The molecule has 3 aromatic rings. The minimum Gasteiger partial charge on any atom is -0.339 e. The molecule has 0 unspecified atom stereocenters. The summed E-state index contributed by atoms with van der Waals surface area (Å²) in [6, 6.07) is 14.3. The van der Waals surface area contributed by atoms with Crippen molar-refractivity contribution in [2.45, 2.75) is 17.9 Å². The first-order valence-electron chi connectivity index (χ1n) is 8.27. The van der Waals surface area contributed by atoms with E-state index < -0.39 is 10.0 Å². The number of imidazole rings is 1. The van der Waals surface area contributed by atoms with Crippen LogP contribution in [0.2, 0.25) is 0 Å². The monoisotopic (exact) mass is 373 g/mol. The molecular weight excluding hydrogens is 353 g/mol. The van der Waals surface area contributed by atoms with Crippen molar-refractivity contribution in [1.29, 1.82) is 0 Å². The maximum Gasteiger partial charge on any atom is 0.259 e. The summed E-state index contributed by atoms with van der Waals surface area (Å²) in [6.07, 6.45) is 4.29. The number of aromatic nitrogens is 2. The molecule has 0 saturated heterocycles. The molecule has 0 aliphatic carbocycles. The van der Waals surface area contributed by atoms with Crippen molar-refractivity contribution in [3.8, 4) is 11.1 Å². The van der Waals surface area contributed by atoms with Crippen molar-refractivity contribution in [2.75, 3.05) is 6.54 Å². The minimum atomic E-state index is -3.57. The van der Waals surface area contributed by atoms with Crippen LogP contribution in [0.5, 0.6) is 0 Å². The minimum absolute atomic E-state index is 0.0224. The molecule has 3 rings (SSSR count). The molecule has 0 saturated carbocycles. The Morgan fingerprint density at radius 3 is 2.50 bits per heavy atom. The molecule has 5 nitrogen and oxygen atoms in total. The number of halogens is 1. The summed E-state index contributed by atoms with van der Waals surface area (Å²) < 4.78 is 42.1. The third-order valence-corrected chi connectivity index (χ3v) is 5.38. The summed E-state index contributed by atoms with van der Waals surface area (Å²) in [5.74, 6) is -0.246. The molecule has 0 fully saturated rings. The van der Waals surface area contributed by atoms with E-state index in [4.69, 9.17) is 0 Å². The predicted octanol–water partition coefficient (Wildman–Crippen LogP) is 3.14. The first-order chi connectivity index (χ1) is 12.5. The molecule has 7 heteroatoms. The predicted molar refractivity (Wildman–Crippen MR) is 98.6 cm³/mol. The van der Waals surface area contributed by atoms with E-state index in [-0.39, 0.29) is 10.8 Å². The van der Waals surface area contributed by atoms with Crippen LogP contribution in [0.15, 0.2) is 66.1 Å². The van der Waals surface area contributed by atoms with Crippen molar-refractivity contribution in [2.24, 2.45) is 7.05 Å². The van der Waals surface area contributed by atoms with Gasteiger partial charge in [0.2, 0.25) is 0 Å². The van der Waals surface area contributed by atoms with Crippen LogP contribution in [0.25, 0.3) is 11.1 Å². The van der Waals surface area contributed by atoms with Gasteiger partial charge in [-0.3, -0.25) is 0 Å². The standard InChI is InChI=1S/C19H20FN3O2S/c1-23-13-19(21-14-23)26(24,25)22-12-4-5-15-8-10-16(11-9-15)17-6-2-3-7-18(17)20/h2-3,6-11,13-14,22H,4-5,12H2,1H3. The number of nitrogens with zero attached hydrogens (tertiary/aromatic N) is 2. The van der Waals surface area contributed by atoms with Crippen molar-refractivity contribution in [3.05, 3.63) is 72.4 Å². The highest BCUT2D eigenvalue weighted by atomic mass is 32.2. The van der Waals surface area contributed by atoms with Crippen molar-refractivity contribution >= 4 is 10.0 Å². The van der Waals surface area contributed by atoms with Crippen LogP contribution in [-0.4, -0.2) is 24.5 Å². The second kappa shape index (κ2) is 7.80. The molecule has 0 bridgehead atoms. The topological polar surface area (TPSA) is 64.0 Å². The first-order valence-corrected chi connectivity index (χ1v) is 9.75. The number of nitrogens with one attached hydrogen (secondary N) is 1. The van der Waals surface area contributed by atoms with Gasteiger partial charge in [-0.15, -0.1) is 0 Å². The number of aryl methyl sites for hydroxylation is 2. The van der Waals surface area contributed by atoms with Crippen LogP contribution >= 0.6 is 0 Å². The van der Waals surface area contributed by atoms with Gasteiger partial charge in [0.25, 0.3) is 10.0 Å². The quantitative estimate of drug-likeness (QED) is 0.647. The Bertz CT molecular complexity index is 982. The Kier molecular flexibility index (Phi) is 5.49. The van der Waals surface area contributed by atoms with Gasteiger partial charge in [0.15, 0.2) is 5.03 Å². The zero-order chi connectivity index (χ0) is 18.6. The van der Waals surface area contributed by atoms with E-state index in [0.29, 0.717) is 18.5 Å². The number of hydrogen-bond acceptors (Lipinski definition) is 3. The highest BCUT2D eigenvalue weighted by Crippen LogP contribution is 2.23. The fourth-order valence-corrected chi connectivity index (χ4v) is 3.70. The van der Waals surface area contributed by atoms with Crippen LogP contribution in [-0.2, 0) is 23.5 Å². The third-order valence-electron chi connectivity index (χ3n) is 4.03. The number of hydrogen-bond donors (Lipinski definition) is 1. The second-order valence-corrected chi connectivity index (χ2v) is 7.77. The van der Waals surface area contributed by atoms with Crippen LogP contribution in [0, 0.1) is 5.82 Å². The second-order valence-electron chi connectivity index (χ2n) is 6.06. The molecule has 0 aliphatic rings. The van der Waals surface area contributed by atoms with Gasteiger partial charge in [-0.25, -0.2) is 22.5 Å². The van der Waals surface area contributed by atoms with Gasteiger partial charge < -0.3 is 4.57 Å². The van der Waals surface area contributed by atoms with Crippen LogP contribution in [0.4, 0.5) is 4.39 Å². The Labute approximate surface area is 152 Å². The Hall–Kier alpha value is -2.51. The van der Waals surface area contributed by atoms with Gasteiger partial charge in [0.05, 0.1) is 6.33 Å². The molecule has 1 heterocycles. The fourth-order valence-electron chi connectivity index (χ4n) is 2.65. The smallest absolute Gasteiger partial charge is 0.259 e. The zero-order valence-electron chi connectivity index (χ0n) is 14.4. The summed E-state index contributed by atoms with van der Waals surface area (Å²) in [7, 11) is -1.85. The summed E-state index contributed by atoms with van der Waals surface area (Å²) in [6.45, 7) is 0.327. The highest BCUT2D eigenvalue weighted by molar-refractivity contribution is 7.89. The summed E-state index contributed by atoms with van der Waals surface area (Å²) in [5.41, 5.74) is 2.46. The lowest BCUT2D eigenvalue weighted by molar-refractivity contribution is 0.575. The Morgan fingerprint density at radius 1 is 1.12 bits per heavy atom. The maximum atomic E-state index is 13.8. The first kappa shape index (κ1) is 18.3. The van der Waals surface area contributed by atoms with Crippen LogP contribution in [0.3, 0.4) is 0 Å². The van der Waals surface area contributed by atoms with Crippen molar-refractivity contribution < 1.29 is 12.8 Å². The third kappa shape index (κ3) is 4.36. The molecule has 0 spiro atoms. The molecule has 0 radical (unpaired) electrons. The van der Waals surface area contributed by atoms with E-state index in [2.05, 4.69) is 9.71 Å². The normalized spacial score (nSPS) is 11.6. The molecule has 0 amide bonds. The molecule has 136 valence electrons. The van der Waals surface area contributed by atoms with Gasteiger partial charge in [-0.1, -0.05) is 42.5 Å². The molecule has 2 aromatic carbocycles. The Balaban J connectivity index is 1.53. The Morgan fingerprint density at radius 2 is 1.85 bits per heavy atom. The molecule has 26 heavy (non-hydrogen) atoms. The summed E-state index contributed by atoms with van der Waals surface area (Å²) in [4.78, 5) is 3.85. The summed E-state index contributed by atoms with van der Waals surface area (Å²) in [5, 5.41) is 0.0224. The lowest BCUT2D eigenvalue weighted by Crippen LogP contribution is -2.25. The largest absolute Gasteiger partial charge is 0.339 e. The highest BCUT2D eigenvalue weighted by Gasteiger charge is 2.15. The summed E-state index contributed by atoms with van der Waals surface area (Å²) >= 11 is 0. The number of sulfonamides is 1. The lowest BCUT2D eigenvalue weighted by Gasteiger charge is -2.07. The van der Waals surface area contributed by atoms with Crippen LogP contribution < -0.4 is 4.72 Å². The fraction of sp³-hybridized carbons (Fsp3) is 0.211. The van der Waals surface area contributed by atoms with Gasteiger partial charge >= 0.3 is 0 Å². The van der Waals surface area contributed by atoms with Crippen LogP contribution in [0.1, 0.15) is 12.0 Å². The number of rotatable bonds is 7. The van der Waals surface area contributed by atoms with E-state index in [1.807, 2.05) is 24.3 Å².